The van der Waals surface area contributed by atoms with Gasteiger partial charge in [0, 0.05) is 0 Å². The smallest absolute Gasteiger partial charge is 0.0616 e. The zero-order chi connectivity index (χ0) is 13.3. The molecule has 0 nitrogen and oxygen atoms in total. The Hall–Kier alpha value is -0.490. The zero-order valence-corrected chi connectivity index (χ0v) is 12.8. The lowest BCUT2D eigenvalue weighted by Crippen LogP contribution is -2.18. The molecule has 1 heteroatoms. The van der Waals surface area contributed by atoms with Crippen molar-refractivity contribution in [2.45, 2.75) is 64.2 Å². The number of hydrogen-bond acceptors (Lipinski definition) is 0. The Balaban J connectivity index is 2.33. The van der Waals surface area contributed by atoms with Gasteiger partial charge < -0.3 is 0 Å². The lowest BCUT2D eigenvalue weighted by Gasteiger charge is -2.32. The van der Waals surface area contributed by atoms with Crippen LogP contribution < -0.4 is 0 Å². The van der Waals surface area contributed by atoms with Gasteiger partial charge in [-0.1, -0.05) is 52.3 Å². The van der Waals surface area contributed by atoms with Crippen molar-refractivity contribution in [1.29, 1.82) is 0 Å². The maximum atomic E-state index is 6.69. The molecule has 1 aromatic rings. The van der Waals surface area contributed by atoms with Crippen molar-refractivity contribution in [3.63, 3.8) is 0 Å². The summed E-state index contributed by atoms with van der Waals surface area (Å²) in [4.78, 5) is 0. The summed E-state index contributed by atoms with van der Waals surface area (Å²) >= 11 is 6.69. The molecule has 1 aromatic carbocycles. The molecular weight excluding hydrogens is 240 g/mol. The lowest BCUT2D eigenvalue weighted by atomic mass is 9.78. The van der Waals surface area contributed by atoms with Gasteiger partial charge in [-0.3, -0.25) is 0 Å². The van der Waals surface area contributed by atoms with E-state index in [-0.39, 0.29) is 5.38 Å². The van der Waals surface area contributed by atoms with E-state index in [4.69, 9.17) is 11.6 Å². The molecule has 100 valence electrons. The number of alkyl halides is 1. The Labute approximate surface area is 117 Å². The van der Waals surface area contributed by atoms with Gasteiger partial charge in [-0.05, 0) is 47.3 Å². The molecule has 0 spiro atoms. The molecule has 0 saturated heterocycles. The first-order valence-corrected chi connectivity index (χ1v) is 7.72. The highest BCUT2D eigenvalue weighted by atomic mass is 35.5. The first-order chi connectivity index (χ1) is 8.50. The molecule has 0 heterocycles. The third kappa shape index (κ3) is 2.74. The number of halogens is 1. The molecule has 1 aliphatic carbocycles. The highest BCUT2D eigenvalue weighted by Crippen LogP contribution is 2.44. The summed E-state index contributed by atoms with van der Waals surface area (Å²) in [5.41, 5.74) is 4.26. The monoisotopic (exact) mass is 264 g/mol. The number of rotatable bonds is 4. The summed E-state index contributed by atoms with van der Waals surface area (Å²) in [6.07, 6.45) is 3.96. The third-order valence-corrected chi connectivity index (χ3v) is 4.85. The zero-order valence-electron chi connectivity index (χ0n) is 12.0. The van der Waals surface area contributed by atoms with E-state index in [9.17, 15) is 0 Å². The van der Waals surface area contributed by atoms with Crippen LogP contribution in [-0.2, 0) is 0 Å². The van der Waals surface area contributed by atoms with Gasteiger partial charge in [-0.2, -0.15) is 0 Å². The summed E-state index contributed by atoms with van der Waals surface area (Å²) in [5.74, 6) is 1.85. The van der Waals surface area contributed by atoms with E-state index in [1.807, 2.05) is 0 Å². The Bertz CT molecular complexity index is 402. The highest BCUT2D eigenvalue weighted by molar-refractivity contribution is 6.21. The van der Waals surface area contributed by atoms with Crippen LogP contribution >= 0.6 is 11.6 Å². The van der Waals surface area contributed by atoms with Crippen molar-refractivity contribution in [3.05, 3.63) is 34.9 Å². The fourth-order valence-electron chi connectivity index (χ4n) is 2.69. The van der Waals surface area contributed by atoms with E-state index in [0.29, 0.717) is 17.8 Å². The highest BCUT2D eigenvalue weighted by Gasteiger charge is 2.28. The van der Waals surface area contributed by atoms with Crippen molar-refractivity contribution < 1.29 is 0 Å². The van der Waals surface area contributed by atoms with Crippen molar-refractivity contribution in [2.24, 2.45) is 5.92 Å². The van der Waals surface area contributed by atoms with Crippen LogP contribution in [0.15, 0.2) is 18.2 Å². The van der Waals surface area contributed by atoms with Gasteiger partial charge in [0.05, 0.1) is 5.38 Å². The summed E-state index contributed by atoms with van der Waals surface area (Å²) in [6.45, 7) is 9.05. The lowest BCUT2D eigenvalue weighted by molar-refractivity contribution is 0.304. The van der Waals surface area contributed by atoms with Gasteiger partial charge in [-0.15, -0.1) is 11.6 Å². The van der Waals surface area contributed by atoms with E-state index in [0.717, 1.165) is 0 Å². The SMILES string of the molecule is CC(C)c1ccc(C(Cl)C2CCC2)c(C(C)C)c1. The van der Waals surface area contributed by atoms with Gasteiger partial charge in [0.15, 0.2) is 0 Å². The quantitative estimate of drug-likeness (QED) is 0.584. The summed E-state index contributed by atoms with van der Waals surface area (Å²) in [6, 6.07) is 6.92. The molecule has 1 atom stereocenters. The minimum atomic E-state index is 0.220. The van der Waals surface area contributed by atoms with Gasteiger partial charge in [0.2, 0.25) is 0 Å². The molecule has 0 bridgehead atoms. The van der Waals surface area contributed by atoms with Gasteiger partial charge in [0.25, 0.3) is 0 Å². The Morgan fingerprint density at radius 1 is 1.00 bits per heavy atom. The van der Waals surface area contributed by atoms with Crippen molar-refractivity contribution in [2.75, 3.05) is 0 Å². The largest absolute Gasteiger partial charge is 0.118 e. The molecule has 0 aliphatic heterocycles. The van der Waals surface area contributed by atoms with Gasteiger partial charge in [-0.25, -0.2) is 0 Å². The molecule has 1 saturated carbocycles. The van der Waals surface area contributed by atoms with E-state index in [1.165, 1.54) is 36.0 Å². The standard InChI is InChI=1S/C17H25Cl/c1-11(2)14-8-9-15(16(10-14)12(3)4)17(18)13-6-5-7-13/h8-13,17H,5-7H2,1-4H3. The second-order valence-corrected chi connectivity index (χ2v) is 6.76. The van der Waals surface area contributed by atoms with E-state index in [2.05, 4.69) is 45.9 Å². The van der Waals surface area contributed by atoms with Crippen molar-refractivity contribution >= 4 is 11.6 Å². The molecule has 0 radical (unpaired) electrons. The second-order valence-electron chi connectivity index (χ2n) is 6.29. The maximum absolute atomic E-state index is 6.69. The average Bonchev–Trinajstić information content (AvgIpc) is 2.25. The molecule has 0 amide bonds. The van der Waals surface area contributed by atoms with Crippen molar-refractivity contribution in [3.8, 4) is 0 Å². The van der Waals surface area contributed by atoms with Crippen LogP contribution in [0.3, 0.4) is 0 Å². The summed E-state index contributed by atoms with van der Waals surface area (Å²) < 4.78 is 0. The first kappa shape index (κ1) is 13.9. The number of benzene rings is 1. The van der Waals surface area contributed by atoms with Crippen LogP contribution in [0.25, 0.3) is 0 Å². The molecule has 1 aliphatic rings. The molecule has 2 rings (SSSR count). The fourth-order valence-corrected chi connectivity index (χ4v) is 3.14. The first-order valence-electron chi connectivity index (χ1n) is 7.28. The Morgan fingerprint density at radius 2 is 1.67 bits per heavy atom. The average molecular weight is 265 g/mol. The second kappa shape index (κ2) is 5.65. The van der Waals surface area contributed by atoms with E-state index < -0.39 is 0 Å². The molecule has 18 heavy (non-hydrogen) atoms. The normalized spacial score (nSPS) is 18.2. The van der Waals surface area contributed by atoms with Crippen LogP contribution in [0.4, 0.5) is 0 Å². The molecular formula is C17H25Cl. The third-order valence-electron chi connectivity index (χ3n) is 4.26. The Kier molecular flexibility index (Phi) is 4.37. The van der Waals surface area contributed by atoms with Crippen molar-refractivity contribution in [1.82, 2.24) is 0 Å². The van der Waals surface area contributed by atoms with Gasteiger partial charge >= 0.3 is 0 Å². The fraction of sp³-hybridized carbons (Fsp3) is 0.647. The molecule has 1 fully saturated rings. The van der Waals surface area contributed by atoms with Crippen LogP contribution in [0.2, 0.25) is 0 Å². The predicted octanol–water partition coefficient (Wildman–Crippen LogP) is 6.01. The van der Waals surface area contributed by atoms with Crippen LogP contribution in [-0.4, -0.2) is 0 Å². The maximum Gasteiger partial charge on any atom is 0.0616 e. The summed E-state index contributed by atoms with van der Waals surface area (Å²) in [7, 11) is 0. The van der Waals surface area contributed by atoms with Crippen LogP contribution in [0.5, 0.6) is 0 Å². The van der Waals surface area contributed by atoms with E-state index in [1.54, 1.807) is 0 Å². The van der Waals surface area contributed by atoms with E-state index >= 15 is 0 Å². The predicted molar refractivity (Wildman–Crippen MR) is 80.6 cm³/mol. The molecule has 0 aromatic heterocycles. The topological polar surface area (TPSA) is 0 Å². The van der Waals surface area contributed by atoms with Gasteiger partial charge in [0.1, 0.15) is 0 Å². The minimum Gasteiger partial charge on any atom is -0.118 e. The minimum absolute atomic E-state index is 0.220. The Morgan fingerprint density at radius 3 is 2.11 bits per heavy atom. The van der Waals surface area contributed by atoms with Crippen LogP contribution in [0, 0.1) is 5.92 Å². The number of hydrogen-bond donors (Lipinski definition) is 0. The summed E-state index contributed by atoms with van der Waals surface area (Å²) in [5, 5.41) is 0.220. The molecule has 1 unspecified atom stereocenters. The molecule has 0 N–H and O–H groups in total. The van der Waals surface area contributed by atoms with Crippen LogP contribution in [0.1, 0.15) is 80.9 Å².